The molecule has 1 aliphatic heterocycles. The molecule has 4 rings (SSSR count). The number of nitriles is 1. The van der Waals surface area contributed by atoms with Crippen LogP contribution in [0.15, 0.2) is 53.1 Å². The number of aromatic nitrogens is 1. The van der Waals surface area contributed by atoms with Crippen molar-refractivity contribution in [2.75, 3.05) is 31.2 Å². The van der Waals surface area contributed by atoms with E-state index in [0.29, 0.717) is 60.3 Å². The molecule has 1 aromatic carbocycles. The van der Waals surface area contributed by atoms with Gasteiger partial charge in [0.1, 0.15) is 29.0 Å². The van der Waals surface area contributed by atoms with Crippen LogP contribution in [0.5, 0.6) is 0 Å². The topological polar surface area (TPSA) is 62.3 Å². The second-order valence-electron chi connectivity index (χ2n) is 5.92. The minimum atomic E-state index is -0.381. The van der Waals surface area contributed by atoms with Gasteiger partial charge in [-0.1, -0.05) is 18.2 Å². The van der Waals surface area contributed by atoms with Crippen LogP contribution >= 0.6 is 0 Å². The van der Waals surface area contributed by atoms with Gasteiger partial charge < -0.3 is 14.1 Å². The zero-order chi connectivity index (χ0) is 17.9. The molecule has 6 heteroatoms. The van der Waals surface area contributed by atoms with Crippen LogP contribution < -0.4 is 4.90 Å². The monoisotopic (exact) mass is 349 g/mol. The van der Waals surface area contributed by atoms with Crippen molar-refractivity contribution in [1.82, 2.24) is 4.98 Å². The van der Waals surface area contributed by atoms with Crippen LogP contribution in [0.3, 0.4) is 0 Å². The molecule has 5 nitrogen and oxygen atoms in total. The SMILES string of the molecule is N#Cc1c(-c2ccccc2F)cc(-c2ccco2)nc1N1CCOCC1. The molecule has 0 spiro atoms. The summed E-state index contributed by atoms with van der Waals surface area (Å²) < 4.78 is 25.3. The second kappa shape index (κ2) is 6.98. The van der Waals surface area contributed by atoms with Crippen molar-refractivity contribution in [3.63, 3.8) is 0 Å². The Morgan fingerprint density at radius 3 is 2.58 bits per heavy atom. The van der Waals surface area contributed by atoms with Crippen LogP contribution in [0.1, 0.15) is 5.56 Å². The fourth-order valence-corrected chi connectivity index (χ4v) is 3.09. The maximum atomic E-state index is 14.5. The highest BCUT2D eigenvalue weighted by Crippen LogP contribution is 2.35. The van der Waals surface area contributed by atoms with Crippen LogP contribution in [0, 0.1) is 17.1 Å². The van der Waals surface area contributed by atoms with Gasteiger partial charge in [-0.15, -0.1) is 0 Å². The van der Waals surface area contributed by atoms with Crippen LogP contribution in [-0.4, -0.2) is 31.3 Å². The zero-order valence-corrected chi connectivity index (χ0v) is 14.0. The summed E-state index contributed by atoms with van der Waals surface area (Å²) in [4.78, 5) is 6.66. The van der Waals surface area contributed by atoms with Gasteiger partial charge in [-0.3, -0.25) is 0 Å². The van der Waals surface area contributed by atoms with E-state index in [4.69, 9.17) is 9.15 Å². The lowest BCUT2D eigenvalue weighted by atomic mass is 9.98. The minimum absolute atomic E-state index is 0.354. The van der Waals surface area contributed by atoms with Gasteiger partial charge in [-0.25, -0.2) is 9.37 Å². The highest BCUT2D eigenvalue weighted by atomic mass is 19.1. The molecule has 2 aromatic heterocycles. The Kier molecular flexibility index (Phi) is 4.38. The third-order valence-electron chi connectivity index (χ3n) is 4.36. The van der Waals surface area contributed by atoms with Crippen molar-refractivity contribution in [2.45, 2.75) is 0 Å². The molecule has 0 saturated carbocycles. The summed E-state index contributed by atoms with van der Waals surface area (Å²) in [5, 5.41) is 9.81. The number of nitrogens with zero attached hydrogens (tertiary/aromatic N) is 3. The first kappa shape index (κ1) is 16.3. The number of hydrogen-bond donors (Lipinski definition) is 0. The van der Waals surface area contributed by atoms with Crippen molar-refractivity contribution >= 4 is 5.82 Å². The first-order valence-electron chi connectivity index (χ1n) is 8.34. The molecule has 130 valence electrons. The lowest BCUT2D eigenvalue weighted by molar-refractivity contribution is 0.122. The normalized spacial score (nSPS) is 14.2. The number of furan rings is 1. The van der Waals surface area contributed by atoms with Gasteiger partial charge in [0.25, 0.3) is 0 Å². The summed E-state index contributed by atoms with van der Waals surface area (Å²) in [5.74, 6) is 0.720. The third-order valence-corrected chi connectivity index (χ3v) is 4.36. The van der Waals surface area contributed by atoms with Crippen molar-refractivity contribution in [3.8, 4) is 28.7 Å². The van der Waals surface area contributed by atoms with Gasteiger partial charge in [0.15, 0.2) is 5.76 Å². The van der Waals surface area contributed by atoms with Crippen molar-refractivity contribution in [1.29, 1.82) is 5.26 Å². The number of halogens is 1. The van der Waals surface area contributed by atoms with E-state index in [9.17, 15) is 9.65 Å². The van der Waals surface area contributed by atoms with Crippen molar-refractivity contribution in [2.24, 2.45) is 0 Å². The smallest absolute Gasteiger partial charge is 0.152 e. The highest BCUT2D eigenvalue weighted by molar-refractivity contribution is 5.80. The molecule has 0 atom stereocenters. The lowest BCUT2D eigenvalue weighted by Crippen LogP contribution is -2.37. The molecular formula is C20H16FN3O2. The van der Waals surface area contributed by atoms with Crippen LogP contribution in [0.25, 0.3) is 22.6 Å². The van der Waals surface area contributed by atoms with E-state index in [1.165, 1.54) is 6.07 Å². The van der Waals surface area contributed by atoms with Crippen molar-refractivity contribution < 1.29 is 13.5 Å². The summed E-state index contributed by atoms with van der Waals surface area (Å²) in [6.07, 6.45) is 1.56. The molecule has 1 aliphatic rings. The Morgan fingerprint density at radius 1 is 1.08 bits per heavy atom. The summed E-state index contributed by atoms with van der Waals surface area (Å²) in [6.45, 7) is 2.37. The van der Waals surface area contributed by atoms with Crippen molar-refractivity contribution in [3.05, 3.63) is 60.1 Å². The molecule has 0 N–H and O–H groups in total. The van der Waals surface area contributed by atoms with Gasteiger partial charge in [-0.05, 0) is 24.3 Å². The Bertz CT molecular complexity index is 958. The maximum Gasteiger partial charge on any atom is 0.152 e. The third kappa shape index (κ3) is 2.93. The molecule has 1 saturated heterocycles. The highest BCUT2D eigenvalue weighted by Gasteiger charge is 2.23. The van der Waals surface area contributed by atoms with Gasteiger partial charge in [0, 0.05) is 24.2 Å². The summed E-state index contributed by atoms with van der Waals surface area (Å²) in [7, 11) is 0. The number of morpholine rings is 1. The van der Waals surface area contributed by atoms with E-state index in [2.05, 4.69) is 11.1 Å². The summed E-state index contributed by atoms with van der Waals surface area (Å²) in [6, 6.07) is 13.9. The zero-order valence-electron chi connectivity index (χ0n) is 14.0. The molecule has 0 radical (unpaired) electrons. The fourth-order valence-electron chi connectivity index (χ4n) is 3.09. The Morgan fingerprint density at radius 2 is 1.88 bits per heavy atom. The van der Waals surface area contributed by atoms with E-state index in [1.807, 2.05) is 4.90 Å². The average molecular weight is 349 g/mol. The van der Waals surface area contributed by atoms with E-state index in [1.54, 1.807) is 42.7 Å². The molecule has 0 bridgehead atoms. The quantitative estimate of drug-likeness (QED) is 0.719. The molecule has 1 fully saturated rings. The average Bonchev–Trinajstić information content (AvgIpc) is 3.23. The minimum Gasteiger partial charge on any atom is -0.463 e. The first-order valence-corrected chi connectivity index (χ1v) is 8.34. The standard InChI is InChI=1S/C20H16FN3O2/c21-17-5-2-1-4-14(17)15-12-18(19-6-3-9-26-19)23-20(16(15)13-22)24-7-10-25-11-8-24/h1-6,9,12H,7-8,10-11H2. The first-order chi connectivity index (χ1) is 12.8. The maximum absolute atomic E-state index is 14.5. The van der Waals surface area contributed by atoms with Gasteiger partial charge in [-0.2, -0.15) is 5.26 Å². The predicted molar refractivity (Wildman–Crippen MR) is 95.1 cm³/mol. The van der Waals surface area contributed by atoms with Crippen LogP contribution in [-0.2, 0) is 4.74 Å². The van der Waals surface area contributed by atoms with Crippen LogP contribution in [0.4, 0.5) is 10.2 Å². The summed E-state index contributed by atoms with van der Waals surface area (Å²) >= 11 is 0. The number of benzene rings is 1. The van der Waals surface area contributed by atoms with Gasteiger partial charge in [0.2, 0.25) is 0 Å². The number of rotatable bonds is 3. The number of pyridine rings is 1. The van der Waals surface area contributed by atoms with E-state index < -0.39 is 0 Å². The second-order valence-corrected chi connectivity index (χ2v) is 5.92. The molecule has 0 unspecified atom stereocenters. The molecule has 3 aromatic rings. The Balaban J connectivity index is 1.96. The van der Waals surface area contributed by atoms with E-state index >= 15 is 0 Å². The number of anilines is 1. The van der Waals surface area contributed by atoms with E-state index in [-0.39, 0.29) is 5.82 Å². The number of ether oxygens (including phenoxy) is 1. The van der Waals surface area contributed by atoms with Gasteiger partial charge in [0.05, 0.1) is 19.5 Å². The van der Waals surface area contributed by atoms with Crippen LogP contribution in [0.2, 0.25) is 0 Å². The summed E-state index contributed by atoms with van der Waals surface area (Å²) in [5.41, 5.74) is 1.79. The number of hydrogen-bond acceptors (Lipinski definition) is 5. The van der Waals surface area contributed by atoms with Gasteiger partial charge >= 0.3 is 0 Å². The molecule has 3 heterocycles. The molecule has 0 aliphatic carbocycles. The predicted octanol–water partition coefficient (Wildman–Crippen LogP) is 3.86. The van der Waals surface area contributed by atoms with E-state index in [0.717, 1.165) is 0 Å². The Hall–Kier alpha value is -3.17. The largest absolute Gasteiger partial charge is 0.463 e. The molecule has 26 heavy (non-hydrogen) atoms. The lowest BCUT2D eigenvalue weighted by Gasteiger charge is -2.29. The molecular weight excluding hydrogens is 333 g/mol. The fraction of sp³-hybridized carbons (Fsp3) is 0.200. The Labute approximate surface area is 150 Å². The molecule has 0 amide bonds.